The van der Waals surface area contributed by atoms with Crippen molar-refractivity contribution < 1.29 is 4.92 Å². The molecule has 0 aliphatic carbocycles. The summed E-state index contributed by atoms with van der Waals surface area (Å²) in [6.07, 6.45) is 2.21. The summed E-state index contributed by atoms with van der Waals surface area (Å²) in [7, 11) is 0. The molecule has 3 nitrogen and oxygen atoms in total. The van der Waals surface area contributed by atoms with Gasteiger partial charge in [-0.3, -0.25) is 10.1 Å². The predicted octanol–water partition coefficient (Wildman–Crippen LogP) is 4.69. The average molecular weight is 304 g/mol. The molecule has 0 N–H and O–H groups in total. The molecule has 2 aromatic carbocycles. The van der Waals surface area contributed by atoms with Crippen molar-refractivity contribution in [2.75, 3.05) is 0 Å². The molecule has 0 aliphatic rings. The second-order valence-corrected chi connectivity index (χ2v) is 5.83. The predicted molar refractivity (Wildman–Crippen MR) is 85.9 cm³/mol. The Kier molecular flexibility index (Phi) is 5.34. The van der Waals surface area contributed by atoms with E-state index in [2.05, 4.69) is 25.1 Å². The standard InChI is InChI=1S/C17H18ClNO2/c1-13-5-4-6-14(11-13)9-10-16(18)12-15-7-2-3-8-17(15)19(20)21/h2-8,11,16H,9-10,12H2,1H3. The molecule has 0 bridgehead atoms. The lowest BCUT2D eigenvalue weighted by Gasteiger charge is -2.10. The van der Waals surface area contributed by atoms with E-state index in [1.54, 1.807) is 12.1 Å². The van der Waals surface area contributed by atoms with Crippen LogP contribution in [0.4, 0.5) is 5.69 Å². The van der Waals surface area contributed by atoms with E-state index in [4.69, 9.17) is 11.6 Å². The molecule has 110 valence electrons. The summed E-state index contributed by atoms with van der Waals surface area (Å²) >= 11 is 6.36. The van der Waals surface area contributed by atoms with Crippen molar-refractivity contribution in [2.24, 2.45) is 0 Å². The Balaban J connectivity index is 1.96. The highest BCUT2D eigenvalue weighted by molar-refractivity contribution is 6.20. The minimum atomic E-state index is -0.348. The zero-order chi connectivity index (χ0) is 15.2. The van der Waals surface area contributed by atoms with Crippen LogP contribution in [0.15, 0.2) is 48.5 Å². The van der Waals surface area contributed by atoms with Gasteiger partial charge in [-0.25, -0.2) is 0 Å². The van der Waals surface area contributed by atoms with Gasteiger partial charge in [0.15, 0.2) is 0 Å². The number of hydrogen-bond donors (Lipinski definition) is 0. The highest BCUT2D eigenvalue weighted by Gasteiger charge is 2.16. The lowest BCUT2D eigenvalue weighted by Crippen LogP contribution is -2.07. The first-order valence-electron chi connectivity index (χ1n) is 6.98. The van der Waals surface area contributed by atoms with Crippen LogP contribution in [0.3, 0.4) is 0 Å². The van der Waals surface area contributed by atoms with Gasteiger partial charge < -0.3 is 0 Å². The van der Waals surface area contributed by atoms with E-state index >= 15 is 0 Å². The van der Waals surface area contributed by atoms with E-state index in [1.165, 1.54) is 17.2 Å². The number of halogens is 1. The molecular formula is C17H18ClNO2. The molecule has 0 aromatic heterocycles. The van der Waals surface area contributed by atoms with Crippen LogP contribution in [0.5, 0.6) is 0 Å². The molecule has 1 atom stereocenters. The largest absolute Gasteiger partial charge is 0.272 e. The second-order valence-electron chi connectivity index (χ2n) is 5.21. The first-order chi connectivity index (χ1) is 10.1. The van der Waals surface area contributed by atoms with E-state index in [1.807, 2.05) is 12.1 Å². The van der Waals surface area contributed by atoms with Gasteiger partial charge >= 0.3 is 0 Å². The maximum atomic E-state index is 11.0. The summed E-state index contributed by atoms with van der Waals surface area (Å²) in [5.41, 5.74) is 3.34. The van der Waals surface area contributed by atoms with Gasteiger partial charge in [-0.2, -0.15) is 0 Å². The Morgan fingerprint density at radius 1 is 1.19 bits per heavy atom. The first-order valence-corrected chi connectivity index (χ1v) is 7.42. The van der Waals surface area contributed by atoms with Crippen molar-refractivity contribution in [1.82, 2.24) is 0 Å². The Morgan fingerprint density at radius 3 is 2.67 bits per heavy atom. The summed E-state index contributed by atoms with van der Waals surface area (Å²) in [6.45, 7) is 2.06. The molecule has 0 fully saturated rings. The molecule has 0 saturated heterocycles. The number of alkyl halides is 1. The van der Waals surface area contributed by atoms with E-state index in [-0.39, 0.29) is 16.0 Å². The Hall–Kier alpha value is -1.87. The van der Waals surface area contributed by atoms with Crippen LogP contribution in [0, 0.1) is 17.0 Å². The Morgan fingerprint density at radius 2 is 1.95 bits per heavy atom. The van der Waals surface area contributed by atoms with Gasteiger partial charge in [0.25, 0.3) is 5.69 Å². The summed E-state index contributed by atoms with van der Waals surface area (Å²) in [5.74, 6) is 0. The van der Waals surface area contributed by atoms with Crippen LogP contribution >= 0.6 is 11.6 Å². The molecule has 0 radical (unpaired) electrons. The Labute approximate surface area is 129 Å². The van der Waals surface area contributed by atoms with Gasteiger partial charge in [0.1, 0.15) is 0 Å². The van der Waals surface area contributed by atoms with Crippen LogP contribution in [0.1, 0.15) is 23.1 Å². The highest BCUT2D eigenvalue weighted by atomic mass is 35.5. The van der Waals surface area contributed by atoms with Crippen LogP contribution < -0.4 is 0 Å². The van der Waals surface area contributed by atoms with E-state index in [9.17, 15) is 10.1 Å². The van der Waals surface area contributed by atoms with Crippen molar-refractivity contribution in [3.63, 3.8) is 0 Å². The van der Waals surface area contributed by atoms with E-state index in [0.29, 0.717) is 12.0 Å². The Bertz CT molecular complexity index is 628. The minimum Gasteiger partial charge on any atom is -0.258 e. The molecule has 21 heavy (non-hydrogen) atoms. The van der Waals surface area contributed by atoms with Crippen LogP contribution in [-0.4, -0.2) is 10.3 Å². The third-order valence-electron chi connectivity index (χ3n) is 3.46. The quantitative estimate of drug-likeness (QED) is 0.441. The molecule has 1 unspecified atom stereocenters. The van der Waals surface area contributed by atoms with Gasteiger partial charge in [0.05, 0.1) is 4.92 Å². The van der Waals surface area contributed by atoms with Crippen LogP contribution in [0.25, 0.3) is 0 Å². The van der Waals surface area contributed by atoms with Gasteiger partial charge in [-0.1, -0.05) is 48.0 Å². The number of rotatable bonds is 6. The summed E-state index contributed by atoms with van der Waals surface area (Å²) < 4.78 is 0. The zero-order valence-electron chi connectivity index (χ0n) is 12.0. The number of para-hydroxylation sites is 1. The number of hydrogen-bond acceptors (Lipinski definition) is 2. The number of aryl methyl sites for hydroxylation is 2. The lowest BCUT2D eigenvalue weighted by atomic mass is 10.0. The molecule has 4 heteroatoms. The monoisotopic (exact) mass is 303 g/mol. The normalized spacial score (nSPS) is 12.1. The highest BCUT2D eigenvalue weighted by Crippen LogP contribution is 2.22. The molecule has 2 rings (SSSR count). The topological polar surface area (TPSA) is 43.1 Å². The molecule has 0 amide bonds. The van der Waals surface area contributed by atoms with Gasteiger partial charge in [0, 0.05) is 17.0 Å². The summed E-state index contributed by atoms with van der Waals surface area (Å²) in [6, 6.07) is 15.1. The SMILES string of the molecule is Cc1cccc(CCC(Cl)Cc2ccccc2[N+](=O)[O-])c1. The number of nitro benzene ring substituents is 1. The van der Waals surface area contributed by atoms with Gasteiger partial charge in [-0.05, 0) is 31.7 Å². The van der Waals surface area contributed by atoms with Crippen molar-refractivity contribution >= 4 is 17.3 Å². The second kappa shape index (κ2) is 7.23. The third kappa shape index (κ3) is 4.57. The fraction of sp³-hybridized carbons (Fsp3) is 0.294. The molecule has 0 spiro atoms. The van der Waals surface area contributed by atoms with Crippen molar-refractivity contribution in [1.29, 1.82) is 0 Å². The summed E-state index contributed by atoms with van der Waals surface area (Å²) in [5, 5.41) is 10.9. The minimum absolute atomic E-state index is 0.105. The molecule has 0 saturated carbocycles. The van der Waals surface area contributed by atoms with Crippen molar-refractivity contribution in [2.45, 2.75) is 31.6 Å². The fourth-order valence-corrected chi connectivity index (χ4v) is 2.67. The molecule has 0 heterocycles. The smallest absolute Gasteiger partial charge is 0.258 e. The van der Waals surface area contributed by atoms with E-state index < -0.39 is 0 Å². The number of nitro groups is 1. The molecular weight excluding hydrogens is 286 g/mol. The van der Waals surface area contributed by atoms with Gasteiger partial charge in [0.2, 0.25) is 0 Å². The molecule has 2 aromatic rings. The summed E-state index contributed by atoms with van der Waals surface area (Å²) in [4.78, 5) is 10.6. The van der Waals surface area contributed by atoms with Gasteiger partial charge in [-0.15, -0.1) is 11.6 Å². The first kappa shape index (κ1) is 15.5. The zero-order valence-corrected chi connectivity index (χ0v) is 12.7. The third-order valence-corrected chi connectivity index (χ3v) is 3.83. The maximum absolute atomic E-state index is 11.0. The number of nitrogens with zero attached hydrogens (tertiary/aromatic N) is 1. The lowest BCUT2D eigenvalue weighted by molar-refractivity contribution is -0.385. The number of benzene rings is 2. The average Bonchev–Trinajstić information content (AvgIpc) is 2.45. The molecule has 0 aliphatic heterocycles. The maximum Gasteiger partial charge on any atom is 0.272 e. The van der Waals surface area contributed by atoms with Crippen LogP contribution in [-0.2, 0) is 12.8 Å². The van der Waals surface area contributed by atoms with Crippen molar-refractivity contribution in [3.8, 4) is 0 Å². The van der Waals surface area contributed by atoms with E-state index in [0.717, 1.165) is 12.8 Å². The van der Waals surface area contributed by atoms with Crippen molar-refractivity contribution in [3.05, 3.63) is 75.3 Å². The fourth-order valence-electron chi connectivity index (χ4n) is 2.39. The van der Waals surface area contributed by atoms with Crippen LogP contribution in [0.2, 0.25) is 0 Å².